The van der Waals surface area contributed by atoms with Gasteiger partial charge in [-0.25, -0.2) is 9.18 Å². The molecule has 0 fully saturated rings. The normalized spacial score (nSPS) is 11.2. The molecule has 0 unspecified atom stereocenters. The van der Waals surface area contributed by atoms with Gasteiger partial charge in [0.2, 0.25) is 0 Å². The summed E-state index contributed by atoms with van der Waals surface area (Å²) in [7, 11) is 0. The lowest BCUT2D eigenvalue weighted by Crippen LogP contribution is -2.15. The molecule has 3 aromatic carbocycles. The van der Waals surface area contributed by atoms with Gasteiger partial charge in [0.15, 0.2) is 5.84 Å². The Morgan fingerprint density at radius 3 is 2.34 bits per heavy atom. The molecular formula is C21H15Cl2FN2O3. The van der Waals surface area contributed by atoms with Crippen LogP contribution in [0.15, 0.2) is 71.9 Å². The van der Waals surface area contributed by atoms with Crippen LogP contribution in [0.2, 0.25) is 10.0 Å². The summed E-state index contributed by atoms with van der Waals surface area (Å²) < 4.78 is 18.4. The van der Waals surface area contributed by atoms with E-state index in [-0.39, 0.29) is 23.8 Å². The SMILES string of the molecule is N/C(=N\OC(=O)c1ccc(COc2ccc(F)cc2)cc1)c1ccc(Cl)cc1Cl. The molecule has 3 rings (SSSR count). The van der Waals surface area contributed by atoms with Crippen LogP contribution >= 0.6 is 23.2 Å². The molecule has 0 atom stereocenters. The molecule has 0 heterocycles. The van der Waals surface area contributed by atoms with Crippen LogP contribution < -0.4 is 10.5 Å². The van der Waals surface area contributed by atoms with E-state index >= 15 is 0 Å². The van der Waals surface area contributed by atoms with Crippen molar-refractivity contribution in [2.45, 2.75) is 6.61 Å². The van der Waals surface area contributed by atoms with Crippen molar-refractivity contribution in [1.29, 1.82) is 0 Å². The van der Waals surface area contributed by atoms with Crippen molar-refractivity contribution >= 4 is 35.0 Å². The van der Waals surface area contributed by atoms with E-state index in [1.54, 1.807) is 36.4 Å². The van der Waals surface area contributed by atoms with Crippen LogP contribution in [0.3, 0.4) is 0 Å². The van der Waals surface area contributed by atoms with Gasteiger partial charge in [-0.1, -0.05) is 40.5 Å². The largest absolute Gasteiger partial charge is 0.489 e. The minimum Gasteiger partial charge on any atom is -0.489 e. The fraction of sp³-hybridized carbons (Fsp3) is 0.0476. The van der Waals surface area contributed by atoms with E-state index in [0.717, 1.165) is 5.56 Å². The van der Waals surface area contributed by atoms with Crippen molar-refractivity contribution < 1.29 is 18.8 Å². The van der Waals surface area contributed by atoms with E-state index in [1.165, 1.54) is 30.3 Å². The van der Waals surface area contributed by atoms with Crippen molar-refractivity contribution in [2.24, 2.45) is 10.9 Å². The van der Waals surface area contributed by atoms with Crippen molar-refractivity contribution in [3.05, 3.63) is 99.3 Å². The lowest BCUT2D eigenvalue weighted by Gasteiger charge is -2.07. The van der Waals surface area contributed by atoms with Crippen LogP contribution in [-0.2, 0) is 11.4 Å². The number of rotatable bonds is 6. The quantitative estimate of drug-likeness (QED) is 0.251. The van der Waals surface area contributed by atoms with Gasteiger partial charge in [-0.15, -0.1) is 0 Å². The van der Waals surface area contributed by atoms with Crippen LogP contribution in [0.1, 0.15) is 21.5 Å². The second-order valence-electron chi connectivity index (χ2n) is 5.92. The highest BCUT2D eigenvalue weighted by Gasteiger charge is 2.10. The number of carbonyl (C=O) groups excluding carboxylic acids is 1. The zero-order valence-corrected chi connectivity index (χ0v) is 16.5. The predicted molar refractivity (Wildman–Crippen MR) is 110 cm³/mol. The first-order valence-electron chi connectivity index (χ1n) is 8.40. The van der Waals surface area contributed by atoms with Crippen LogP contribution in [0.25, 0.3) is 0 Å². The molecule has 2 N–H and O–H groups in total. The molecule has 0 bridgehead atoms. The molecule has 0 aromatic heterocycles. The molecule has 5 nitrogen and oxygen atoms in total. The number of ether oxygens (including phenoxy) is 1. The molecule has 0 aliphatic carbocycles. The lowest BCUT2D eigenvalue weighted by molar-refractivity contribution is 0.0516. The first kappa shape index (κ1) is 20.6. The Morgan fingerprint density at radius 1 is 1.00 bits per heavy atom. The van der Waals surface area contributed by atoms with Crippen LogP contribution in [-0.4, -0.2) is 11.8 Å². The first-order valence-corrected chi connectivity index (χ1v) is 9.15. The molecule has 0 radical (unpaired) electrons. The number of nitrogens with two attached hydrogens (primary N) is 1. The van der Waals surface area contributed by atoms with Crippen molar-refractivity contribution in [3.8, 4) is 5.75 Å². The third kappa shape index (κ3) is 5.70. The summed E-state index contributed by atoms with van der Waals surface area (Å²) in [5, 5.41) is 4.37. The second-order valence-corrected chi connectivity index (χ2v) is 6.76. The van der Waals surface area contributed by atoms with E-state index in [1.807, 2.05) is 0 Å². The number of oxime groups is 1. The first-order chi connectivity index (χ1) is 13.9. The number of benzene rings is 3. The summed E-state index contributed by atoms with van der Waals surface area (Å²) in [6.07, 6.45) is 0. The van der Waals surface area contributed by atoms with Crippen molar-refractivity contribution in [1.82, 2.24) is 0 Å². The smallest absolute Gasteiger partial charge is 0.365 e. The summed E-state index contributed by atoms with van der Waals surface area (Å²) in [5.74, 6) is -0.518. The van der Waals surface area contributed by atoms with Gasteiger partial charge >= 0.3 is 5.97 Å². The monoisotopic (exact) mass is 432 g/mol. The number of halogens is 3. The maximum atomic E-state index is 12.9. The van der Waals surface area contributed by atoms with Gasteiger partial charge in [0.05, 0.1) is 10.6 Å². The van der Waals surface area contributed by atoms with Gasteiger partial charge in [-0.05, 0) is 60.2 Å². The van der Waals surface area contributed by atoms with Gasteiger partial charge in [0.25, 0.3) is 0 Å². The zero-order chi connectivity index (χ0) is 20.8. The Bertz CT molecular complexity index is 1040. The molecule has 0 aliphatic rings. The fourth-order valence-electron chi connectivity index (χ4n) is 2.32. The summed E-state index contributed by atoms with van der Waals surface area (Å²) in [5.41, 5.74) is 7.31. The summed E-state index contributed by atoms with van der Waals surface area (Å²) in [6.45, 7) is 0.265. The fourth-order valence-corrected chi connectivity index (χ4v) is 2.83. The van der Waals surface area contributed by atoms with E-state index in [0.29, 0.717) is 21.4 Å². The van der Waals surface area contributed by atoms with Gasteiger partial charge in [-0.3, -0.25) is 0 Å². The molecule has 3 aromatic rings. The second kappa shape index (κ2) is 9.41. The third-order valence-corrected chi connectivity index (χ3v) is 4.39. The van der Waals surface area contributed by atoms with E-state index in [4.69, 9.17) is 38.5 Å². The van der Waals surface area contributed by atoms with Gasteiger partial charge in [0.1, 0.15) is 18.2 Å². The van der Waals surface area contributed by atoms with Gasteiger partial charge < -0.3 is 15.3 Å². The topological polar surface area (TPSA) is 73.9 Å². The predicted octanol–water partition coefficient (Wildman–Crippen LogP) is 5.19. The molecular weight excluding hydrogens is 418 g/mol. The molecule has 8 heteroatoms. The standard InChI is InChI=1S/C21H15Cl2FN2O3/c22-15-5-10-18(19(23)11-15)20(25)26-29-21(27)14-3-1-13(2-4-14)12-28-17-8-6-16(24)7-9-17/h1-11H,12H2,(H2,25,26). The maximum absolute atomic E-state index is 12.9. The van der Waals surface area contributed by atoms with Gasteiger partial charge in [-0.2, -0.15) is 0 Å². The average Bonchev–Trinajstić information content (AvgIpc) is 2.72. The minimum absolute atomic E-state index is 0.0515. The Morgan fingerprint density at radius 2 is 1.69 bits per heavy atom. The average molecular weight is 433 g/mol. The van der Waals surface area contributed by atoms with Crippen molar-refractivity contribution in [3.63, 3.8) is 0 Å². The number of amidine groups is 1. The lowest BCUT2D eigenvalue weighted by atomic mass is 10.1. The highest BCUT2D eigenvalue weighted by atomic mass is 35.5. The Kier molecular flexibility index (Phi) is 6.69. The molecule has 29 heavy (non-hydrogen) atoms. The summed E-state index contributed by atoms with van der Waals surface area (Å²) in [4.78, 5) is 17.0. The molecule has 0 saturated carbocycles. The maximum Gasteiger partial charge on any atom is 0.365 e. The van der Waals surface area contributed by atoms with E-state index in [9.17, 15) is 9.18 Å². The Balaban J connectivity index is 1.59. The van der Waals surface area contributed by atoms with Crippen LogP contribution in [0.4, 0.5) is 4.39 Å². The summed E-state index contributed by atoms with van der Waals surface area (Å²) >= 11 is 11.9. The van der Waals surface area contributed by atoms with E-state index in [2.05, 4.69) is 5.16 Å². The van der Waals surface area contributed by atoms with Crippen LogP contribution in [0.5, 0.6) is 5.75 Å². The number of nitrogens with zero attached hydrogens (tertiary/aromatic N) is 1. The minimum atomic E-state index is -0.677. The highest BCUT2D eigenvalue weighted by molar-refractivity contribution is 6.36. The molecule has 0 spiro atoms. The molecule has 0 amide bonds. The zero-order valence-electron chi connectivity index (χ0n) is 14.9. The number of hydrogen-bond donors (Lipinski definition) is 1. The number of carbonyl (C=O) groups is 1. The van der Waals surface area contributed by atoms with E-state index < -0.39 is 5.97 Å². The molecule has 0 saturated heterocycles. The highest BCUT2D eigenvalue weighted by Crippen LogP contribution is 2.21. The van der Waals surface area contributed by atoms with Gasteiger partial charge in [0, 0.05) is 10.6 Å². The van der Waals surface area contributed by atoms with Crippen molar-refractivity contribution in [2.75, 3.05) is 0 Å². The third-order valence-electron chi connectivity index (χ3n) is 3.84. The molecule has 0 aliphatic heterocycles. The Labute approximate surface area is 176 Å². The Hall–Kier alpha value is -3.09. The van der Waals surface area contributed by atoms with Crippen LogP contribution in [0, 0.1) is 5.82 Å². The summed E-state index contributed by atoms with van der Waals surface area (Å²) in [6, 6.07) is 17.0. The molecule has 148 valence electrons. The number of hydrogen-bond acceptors (Lipinski definition) is 4.